The first-order valence-electron chi connectivity index (χ1n) is 6.67. The number of hydrogen-bond donors (Lipinski definition) is 0. The molecular formula is C15H23ClFN. The smallest absolute Gasteiger partial charge is 0.127 e. The van der Waals surface area contributed by atoms with Crippen molar-refractivity contribution >= 4 is 11.6 Å². The van der Waals surface area contributed by atoms with Gasteiger partial charge in [0.25, 0.3) is 0 Å². The lowest BCUT2D eigenvalue weighted by Gasteiger charge is -2.25. The molecule has 0 bridgehead atoms. The maximum Gasteiger partial charge on any atom is 0.127 e. The second kappa shape index (κ2) is 8.49. The van der Waals surface area contributed by atoms with Crippen molar-refractivity contribution in [2.45, 2.75) is 38.6 Å². The van der Waals surface area contributed by atoms with Crippen LogP contribution in [-0.4, -0.2) is 24.4 Å². The molecule has 1 rings (SSSR count). The van der Waals surface area contributed by atoms with Gasteiger partial charge in [0.1, 0.15) is 5.82 Å². The number of hydrogen-bond acceptors (Lipinski definition) is 1. The molecule has 0 amide bonds. The van der Waals surface area contributed by atoms with Gasteiger partial charge in [0.05, 0.1) is 0 Å². The van der Waals surface area contributed by atoms with E-state index in [0.717, 1.165) is 30.8 Å². The van der Waals surface area contributed by atoms with Crippen molar-refractivity contribution < 1.29 is 4.39 Å². The second-order valence-electron chi connectivity index (χ2n) is 4.78. The van der Waals surface area contributed by atoms with Gasteiger partial charge in [-0.25, -0.2) is 4.39 Å². The Kier molecular flexibility index (Phi) is 7.29. The number of benzene rings is 1. The number of halogens is 2. The van der Waals surface area contributed by atoms with Crippen molar-refractivity contribution in [3.8, 4) is 0 Å². The maximum absolute atomic E-state index is 13.6. The van der Waals surface area contributed by atoms with E-state index in [-0.39, 0.29) is 11.9 Å². The van der Waals surface area contributed by atoms with Gasteiger partial charge >= 0.3 is 0 Å². The fourth-order valence-corrected chi connectivity index (χ4v) is 2.24. The summed E-state index contributed by atoms with van der Waals surface area (Å²) in [7, 11) is 2.05. The quantitative estimate of drug-likeness (QED) is 0.493. The molecular weight excluding hydrogens is 249 g/mol. The van der Waals surface area contributed by atoms with E-state index in [2.05, 4.69) is 18.9 Å². The Labute approximate surface area is 115 Å². The lowest BCUT2D eigenvalue weighted by Crippen LogP contribution is -2.24. The highest BCUT2D eigenvalue weighted by Gasteiger charge is 2.14. The van der Waals surface area contributed by atoms with Crippen LogP contribution in [0, 0.1) is 5.82 Å². The van der Waals surface area contributed by atoms with Gasteiger partial charge in [-0.1, -0.05) is 31.0 Å². The molecule has 0 saturated carbocycles. The third kappa shape index (κ3) is 4.95. The zero-order chi connectivity index (χ0) is 13.4. The summed E-state index contributed by atoms with van der Waals surface area (Å²) in [5.74, 6) is 0.639. The minimum Gasteiger partial charge on any atom is -0.300 e. The van der Waals surface area contributed by atoms with Gasteiger partial charge in [-0.3, -0.25) is 4.90 Å². The van der Waals surface area contributed by atoms with Crippen LogP contribution in [0.3, 0.4) is 0 Å². The molecule has 0 aliphatic rings. The molecule has 0 aliphatic heterocycles. The third-order valence-corrected chi connectivity index (χ3v) is 3.68. The summed E-state index contributed by atoms with van der Waals surface area (Å²) >= 11 is 5.64. The molecule has 0 N–H and O–H groups in total. The fraction of sp³-hybridized carbons (Fsp3) is 0.600. The number of nitrogens with zero attached hydrogens (tertiary/aromatic N) is 1. The zero-order valence-electron chi connectivity index (χ0n) is 11.3. The molecule has 0 radical (unpaired) electrons. The summed E-state index contributed by atoms with van der Waals surface area (Å²) in [4.78, 5) is 2.21. The van der Waals surface area contributed by atoms with Crippen LogP contribution in [0.15, 0.2) is 24.3 Å². The van der Waals surface area contributed by atoms with E-state index in [1.165, 1.54) is 18.9 Å². The van der Waals surface area contributed by atoms with Crippen LogP contribution >= 0.6 is 11.6 Å². The average Bonchev–Trinajstić information content (AvgIpc) is 2.38. The summed E-state index contributed by atoms with van der Waals surface area (Å²) in [6.45, 7) is 3.05. The molecule has 102 valence electrons. The Hall–Kier alpha value is -0.600. The maximum atomic E-state index is 13.6. The molecule has 0 aromatic heterocycles. The van der Waals surface area contributed by atoms with E-state index in [1.807, 2.05) is 12.1 Å². The van der Waals surface area contributed by atoms with Crippen molar-refractivity contribution in [2.24, 2.45) is 0 Å². The molecule has 0 fully saturated rings. The van der Waals surface area contributed by atoms with Gasteiger partial charge in [-0.15, -0.1) is 11.6 Å². The van der Waals surface area contributed by atoms with Crippen LogP contribution in [0.25, 0.3) is 0 Å². The number of alkyl halides is 1. The van der Waals surface area contributed by atoms with Gasteiger partial charge in [0.2, 0.25) is 0 Å². The van der Waals surface area contributed by atoms with E-state index >= 15 is 0 Å². The molecule has 0 spiro atoms. The van der Waals surface area contributed by atoms with E-state index in [4.69, 9.17) is 11.6 Å². The summed E-state index contributed by atoms with van der Waals surface area (Å²) in [5.41, 5.74) is 0.778. The van der Waals surface area contributed by atoms with Gasteiger partial charge in [-0.2, -0.15) is 0 Å². The van der Waals surface area contributed by atoms with Crippen molar-refractivity contribution in [1.82, 2.24) is 4.90 Å². The van der Waals surface area contributed by atoms with Crippen LogP contribution in [0.4, 0.5) is 4.39 Å². The molecule has 3 heteroatoms. The fourth-order valence-electron chi connectivity index (χ4n) is 2.05. The van der Waals surface area contributed by atoms with E-state index in [0.29, 0.717) is 0 Å². The largest absolute Gasteiger partial charge is 0.300 e. The summed E-state index contributed by atoms with van der Waals surface area (Å²) < 4.78 is 13.6. The molecule has 18 heavy (non-hydrogen) atoms. The second-order valence-corrected chi connectivity index (χ2v) is 5.16. The molecule has 1 unspecified atom stereocenters. The highest BCUT2D eigenvalue weighted by Crippen LogP contribution is 2.21. The Balaban J connectivity index is 2.37. The Morgan fingerprint density at radius 1 is 1.17 bits per heavy atom. The predicted molar refractivity (Wildman–Crippen MR) is 76.6 cm³/mol. The predicted octanol–water partition coefficient (Wildman–Crippen LogP) is 4.62. The van der Waals surface area contributed by atoms with Gasteiger partial charge in [0.15, 0.2) is 0 Å². The molecule has 0 aliphatic carbocycles. The molecule has 0 heterocycles. The Bertz CT molecular complexity index is 343. The Morgan fingerprint density at radius 2 is 1.83 bits per heavy atom. The highest BCUT2D eigenvalue weighted by atomic mass is 35.5. The van der Waals surface area contributed by atoms with Crippen LogP contribution in [0.1, 0.15) is 44.2 Å². The number of rotatable bonds is 8. The third-order valence-electron chi connectivity index (χ3n) is 3.41. The standard InChI is InChI=1S/C15H23ClFN/c1-13(14-9-5-6-10-15(14)17)18(2)12-8-4-3-7-11-16/h5-6,9-10,13H,3-4,7-8,11-12H2,1-2H3. The number of unbranched alkanes of at least 4 members (excludes halogenated alkanes) is 3. The minimum atomic E-state index is -0.112. The van der Waals surface area contributed by atoms with E-state index < -0.39 is 0 Å². The highest BCUT2D eigenvalue weighted by molar-refractivity contribution is 6.17. The lowest BCUT2D eigenvalue weighted by atomic mass is 10.1. The van der Waals surface area contributed by atoms with Crippen molar-refractivity contribution in [1.29, 1.82) is 0 Å². The minimum absolute atomic E-state index is 0.112. The first-order valence-corrected chi connectivity index (χ1v) is 7.21. The van der Waals surface area contributed by atoms with Crippen LogP contribution in [0.5, 0.6) is 0 Å². The normalized spacial score (nSPS) is 12.9. The first kappa shape index (κ1) is 15.5. The van der Waals surface area contributed by atoms with Crippen LogP contribution in [-0.2, 0) is 0 Å². The molecule has 1 nitrogen and oxygen atoms in total. The monoisotopic (exact) mass is 271 g/mol. The van der Waals surface area contributed by atoms with Gasteiger partial charge < -0.3 is 0 Å². The van der Waals surface area contributed by atoms with Gasteiger partial charge in [-0.05, 0) is 39.4 Å². The summed E-state index contributed by atoms with van der Waals surface area (Å²) in [5, 5.41) is 0. The van der Waals surface area contributed by atoms with Crippen LogP contribution < -0.4 is 0 Å². The van der Waals surface area contributed by atoms with Crippen molar-refractivity contribution in [3.05, 3.63) is 35.6 Å². The Morgan fingerprint density at radius 3 is 2.50 bits per heavy atom. The molecule has 1 atom stereocenters. The summed E-state index contributed by atoms with van der Waals surface area (Å²) in [6.07, 6.45) is 4.62. The van der Waals surface area contributed by atoms with Crippen LogP contribution in [0.2, 0.25) is 0 Å². The molecule has 1 aromatic carbocycles. The average molecular weight is 272 g/mol. The van der Waals surface area contributed by atoms with Crippen molar-refractivity contribution in [3.63, 3.8) is 0 Å². The lowest BCUT2D eigenvalue weighted by molar-refractivity contribution is 0.250. The SMILES string of the molecule is CC(c1ccccc1F)N(C)CCCCCCCl. The van der Waals surface area contributed by atoms with E-state index in [1.54, 1.807) is 6.07 Å². The van der Waals surface area contributed by atoms with E-state index in [9.17, 15) is 4.39 Å². The van der Waals surface area contributed by atoms with Gasteiger partial charge in [0, 0.05) is 17.5 Å². The molecule has 0 saturated heterocycles. The van der Waals surface area contributed by atoms with Crippen molar-refractivity contribution in [2.75, 3.05) is 19.5 Å². The molecule has 1 aromatic rings. The topological polar surface area (TPSA) is 3.24 Å². The zero-order valence-corrected chi connectivity index (χ0v) is 12.1. The summed E-state index contributed by atoms with van der Waals surface area (Å²) in [6, 6.07) is 7.14. The first-order chi connectivity index (χ1) is 8.66.